The van der Waals surface area contributed by atoms with Gasteiger partial charge in [-0.3, -0.25) is 4.79 Å². The highest BCUT2D eigenvalue weighted by molar-refractivity contribution is 7.09. The minimum atomic E-state index is -0.0228. The van der Waals surface area contributed by atoms with Gasteiger partial charge in [0.05, 0.1) is 17.1 Å². The molecule has 0 radical (unpaired) electrons. The molecule has 0 atom stereocenters. The quantitative estimate of drug-likeness (QED) is 0.884. The van der Waals surface area contributed by atoms with Gasteiger partial charge in [-0.25, -0.2) is 9.97 Å². The molecule has 1 aliphatic rings. The highest BCUT2D eigenvalue weighted by atomic mass is 32.1. The number of nitrogens with zero attached hydrogens (tertiary/aromatic N) is 2. The third kappa shape index (κ3) is 4.76. The van der Waals surface area contributed by atoms with Crippen LogP contribution in [0.25, 0.3) is 0 Å². The zero-order valence-corrected chi connectivity index (χ0v) is 14.1. The Bertz CT molecular complexity index is 665. The Morgan fingerprint density at radius 1 is 1.43 bits per heavy atom. The van der Waals surface area contributed by atoms with E-state index in [1.807, 2.05) is 24.4 Å². The fraction of sp³-hybridized carbons (Fsp3) is 0.471. The van der Waals surface area contributed by atoms with Gasteiger partial charge in [-0.05, 0) is 44.2 Å². The normalized spacial score (nSPS) is 14.8. The van der Waals surface area contributed by atoms with Gasteiger partial charge in [0.15, 0.2) is 0 Å². The summed E-state index contributed by atoms with van der Waals surface area (Å²) in [4.78, 5) is 20.5. The second-order valence-electron chi connectivity index (χ2n) is 5.84. The molecule has 0 aromatic carbocycles. The van der Waals surface area contributed by atoms with Crippen LogP contribution in [-0.2, 0) is 17.8 Å². The van der Waals surface area contributed by atoms with Crippen molar-refractivity contribution in [2.24, 2.45) is 0 Å². The van der Waals surface area contributed by atoms with E-state index in [4.69, 9.17) is 4.74 Å². The van der Waals surface area contributed by atoms with Crippen molar-refractivity contribution in [3.63, 3.8) is 0 Å². The number of aromatic nitrogens is 2. The molecule has 2 heterocycles. The van der Waals surface area contributed by atoms with Crippen molar-refractivity contribution >= 4 is 17.2 Å². The van der Waals surface area contributed by atoms with Gasteiger partial charge >= 0.3 is 0 Å². The van der Waals surface area contributed by atoms with Crippen LogP contribution in [0.1, 0.15) is 41.9 Å². The van der Waals surface area contributed by atoms with Gasteiger partial charge in [-0.15, -0.1) is 11.3 Å². The Morgan fingerprint density at radius 2 is 2.26 bits per heavy atom. The molecule has 5 nitrogen and oxygen atoms in total. The van der Waals surface area contributed by atoms with E-state index >= 15 is 0 Å². The molecule has 6 heteroatoms. The Kier molecular flexibility index (Phi) is 5.23. The van der Waals surface area contributed by atoms with Crippen LogP contribution in [0.15, 0.2) is 23.7 Å². The average Bonchev–Trinajstić information content (AvgIpc) is 3.18. The number of carbonyl (C=O) groups excluding carboxylic acids is 1. The molecule has 1 aliphatic carbocycles. The van der Waals surface area contributed by atoms with Crippen molar-refractivity contribution in [2.75, 3.05) is 0 Å². The summed E-state index contributed by atoms with van der Waals surface area (Å²) in [6, 6.07) is 3.81. The fourth-order valence-electron chi connectivity index (χ4n) is 2.72. The summed E-state index contributed by atoms with van der Waals surface area (Å²) in [7, 11) is 0. The van der Waals surface area contributed by atoms with Crippen molar-refractivity contribution in [2.45, 2.75) is 51.7 Å². The number of ether oxygens (including phenoxy) is 1. The van der Waals surface area contributed by atoms with Gasteiger partial charge in [0.1, 0.15) is 6.10 Å². The SMILES string of the molecule is Cc1nc(CC(=O)NCc2ccnc(OC3CCCC3)c2)cs1. The predicted octanol–water partition coefficient (Wildman–Crippen LogP) is 3.03. The maximum absolute atomic E-state index is 12.0. The minimum Gasteiger partial charge on any atom is -0.474 e. The van der Waals surface area contributed by atoms with E-state index in [2.05, 4.69) is 15.3 Å². The zero-order valence-electron chi connectivity index (χ0n) is 13.2. The Morgan fingerprint density at radius 3 is 3.00 bits per heavy atom. The van der Waals surface area contributed by atoms with Crippen LogP contribution in [0, 0.1) is 6.92 Å². The first-order valence-electron chi connectivity index (χ1n) is 7.98. The monoisotopic (exact) mass is 331 g/mol. The number of hydrogen-bond donors (Lipinski definition) is 1. The van der Waals surface area contributed by atoms with E-state index in [1.165, 1.54) is 12.8 Å². The molecule has 0 aliphatic heterocycles. The van der Waals surface area contributed by atoms with Crippen molar-refractivity contribution in [1.82, 2.24) is 15.3 Å². The third-order valence-corrected chi connectivity index (χ3v) is 4.71. The summed E-state index contributed by atoms with van der Waals surface area (Å²) < 4.78 is 5.89. The van der Waals surface area contributed by atoms with Crippen LogP contribution in [0.5, 0.6) is 5.88 Å². The Balaban J connectivity index is 1.50. The number of aryl methyl sites for hydroxylation is 1. The van der Waals surface area contributed by atoms with Crippen molar-refractivity contribution < 1.29 is 9.53 Å². The van der Waals surface area contributed by atoms with Gasteiger partial charge in [-0.2, -0.15) is 0 Å². The van der Waals surface area contributed by atoms with Gasteiger partial charge in [-0.1, -0.05) is 0 Å². The van der Waals surface area contributed by atoms with E-state index < -0.39 is 0 Å². The second kappa shape index (κ2) is 7.55. The summed E-state index contributed by atoms with van der Waals surface area (Å²) in [5.74, 6) is 0.629. The first kappa shape index (κ1) is 15.9. The largest absolute Gasteiger partial charge is 0.474 e. The molecule has 1 saturated carbocycles. The van der Waals surface area contributed by atoms with E-state index in [1.54, 1.807) is 17.5 Å². The summed E-state index contributed by atoms with van der Waals surface area (Å²) in [6.07, 6.45) is 7.02. The first-order chi connectivity index (χ1) is 11.2. The zero-order chi connectivity index (χ0) is 16.1. The van der Waals surface area contributed by atoms with Crippen LogP contribution in [0.3, 0.4) is 0 Å². The summed E-state index contributed by atoms with van der Waals surface area (Å²) in [5, 5.41) is 5.83. The van der Waals surface area contributed by atoms with Gasteiger partial charge in [0.25, 0.3) is 0 Å². The molecule has 0 spiro atoms. The molecule has 2 aromatic heterocycles. The number of thiazole rings is 1. The number of hydrogen-bond acceptors (Lipinski definition) is 5. The highest BCUT2D eigenvalue weighted by Gasteiger charge is 2.17. The lowest BCUT2D eigenvalue weighted by Gasteiger charge is -2.12. The molecular formula is C17H21N3O2S. The summed E-state index contributed by atoms with van der Waals surface area (Å²) in [5.41, 5.74) is 1.82. The van der Waals surface area contributed by atoms with Crippen LogP contribution >= 0.6 is 11.3 Å². The molecule has 1 fully saturated rings. The van der Waals surface area contributed by atoms with Gasteiger partial charge < -0.3 is 10.1 Å². The molecule has 0 saturated heterocycles. The average molecular weight is 331 g/mol. The van der Waals surface area contributed by atoms with Crippen molar-refractivity contribution in [3.8, 4) is 5.88 Å². The fourth-order valence-corrected chi connectivity index (χ4v) is 3.33. The maximum atomic E-state index is 12.0. The lowest BCUT2D eigenvalue weighted by molar-refractivity contribution is -0.120. The van der Waals surface area contributed by atoms with Crippen LogP contribution in [0.2, 0.25) is 0 Å². The maximum Gasteiger partial charge on any atom is 0.226 e. The first-order valence-corrected chi connectivity index (χ1v) is 8.86. The highest BCUT2D eigenvalue weighted by Crippen LogP contribution is 2.23. The smallest absolute Gasteiger partial charge is 0.226 e. The molecule has 0 unspecified atom stereocenters. The molecular weight excluding hydrogens is 310 g/mol. The molecule has 3 rings (SSSR count). The van der Waals surface area contributed by atoms with E-state index in [9.17, 15) is 4.79 Å². The Hall–Kier alpha value is -1.95. The third-order valence-electron chi connectivity index (χ3n) is 3.89. The summed E-state index contributed by atoms with van der Waals surface area (Å²) >= 11 is 1.56. The standard InChI is InChI=1S/C17H21N3O2S/c1-12-20-14(11-23-12)9-16(21)19-10-13-6-7-18-17(8-13)22-15-4-2-3-5-15/h6-8,11,15H,2-5,9-10H2,1H3,(H,19,21). The number of carbonyl (C=O) groups is 1. The van der Waals surface area contributed by atoms with Crippen LogP contribution in [0.4, 0.5) is 0 Å². The molecule has 2 aromatic rings. The molecule has 1 amide bonds. The van der Waals surface area contributed by atoms with Crippen LogP contribution in [-0.4, -0.2) is 22.0 Å². The molecule has 1 N–H and O–H groups in total. The minimum absolute atomic E-state index is 0.0228. The number of nitrogens with one attached hydrogen (secondary N) is 1. The topological polar surface area (TPSA) is 64.1 Å². The lowest BCUT2D eigenvalue weighted by Crippen LogP contribution is -2.24. The summed E-state index contributed by atoms with van der Waals surface area (Å²) in [6.45, 7) is 2.42. The van der Waals surface area contributed by atoms with Gasteiger partial charge in [0.2, 0.25) is 11.8 Å². The second-order valence-corrected chi connectivity index (χ2v) is 6.90. The van der Waals surface area contributed by atoms with E-state index in [-0.39, 0.29) is 5.91 Å². The molecule has 0 bridgehead atoms. The Labute approximate surface area is 140 Å². The molecule has 23 heavy (non-hydrogen) atoms. The van der Waals surface area contributed by atoms with E-state index in [0.717, 1.165) is 29.1 Å². The van der Waals surface area contributed by atoms with Gasteiger partial charge in [0, 0.05) is 24.2 Å². The number of rotatable bonds is 6. The number of amides is 1. The molecule has 122 valence electrons. The predicted molar refractivity (Wildman–Crippen MR) is 89.5 cm³/mol. The van der Waals surface area contributed by atoms with Crippen molar-refractivity contribution in [3.05, 3.63) is 40.0 Å². The van der Waals surface area contributed by atoms with E-state index in [0.29, 0.717) is 24.9 Å². The van der Waals surface area contributed by atoms with Crippen molar-refractivity contribution in [1.29, 1.82) is 0 Å². The van der Waals surface area contributed by atoms with Crippen LogP contribution < -0.4 is 10.1 Å². The number of pyridine rings is 1. The lowest BCUT2D eigenvalue weighted by atomic mass is 10.2.